The molecule has 0 fully saturated rings. The van der Waals surface area contributed by atoms with Crippen LogP contribution in [0.15, 0.2) is 59.8 Å². The van der Waals surface area contributed by atoms with E-state index in [1.54, 1.807) is 30.5 Å². The molecule has 0 N–H and O–H groups in total. The van der Waals surface area contributed by atoms with Crippen molar-refractivity contribution in [1.29, 1.82) is 0 Å². The molecule has 0 spiro atoms. The molecule has 2 heterocycles. The van der Waals surface area contributed by atoms with Crippen molar-refractivity contribution in [3.8, 4) is 0 Å². The Labute approximate surface area is 115 Å². The maximum Gasteiger partial charge on any atom is 0.268 e. The van der Waals surface area contributed by atoms with Gasteiger partial charge in [0.25, 0.3) is 10.0 Å². The normalized spacial score (nSPS) is 11.8. The highest BCUT2D eigenvalue weighted by molar-refractivity contribution is 7.90. The molecule has 1 aromatic carbocycles. The van der Waals surface area contributed by atoms with Gasteiger partial charge in [-0.25, -0.2) is 12.4 Å². The van der Waals surface area contributed by atoms with E-state index in [1.807, 2.05) is 6.07 Å². The molecule has 4 nitrogen and oxygen atoms in total. The van der Waals surface area contributed by atoms with Gasteiger partial charge in [-0.05, 0) is 36.4 Å². The van der Waals surface area contributed by atoms with Crippen LogP contribution in [-0.2, 0) is 10.0 Å². The fourth-order valence-electron chi connectivity index (χ4n) is 1.87. The molecule has 2 aromatic heterocycles. The zero-order valence-corrected chi connectivity index (χ0v) is 11.3. The van der Waals surface area contributed by atoms with Crippen molar-refractivity contribution in [3.05, 3.63) is 60.0 Å². The molecule has 0 saturated carbocycles. The van der Waals surface area contributed by atoms with E-state index >= 15 is 0 Å². The van der Waals surface area contributed by atoms with Crippen LogP contribution < -0.4 is 0 Å². The average Bonchev–Trinajstić information content (AvgIpc) is 2.85. The summed E-state index contributed by atoms with van der Waals surface area (Å²) < 4.78 is 25.9. The Bertz CT molecular complexity index is 856. The van der Waals surface area contributed by atoms with Gasteiger partial charge in [-0.3, -0.25) is 4.98 Å². The molecule has 0 aliphatic heterocycles. The van der Waals surface area contributed by atoms with E-state index in [4.69, 9.17) is 11.6 Å². The highest BCUT2D eigenvalue weighted by Crippen LogP contribution is 2.22. The highest BCUT2D eigenvalue weighted by Gasteiger charge is 2.18. The topological polar surface area (TPSA) is 52.0 Å². The van der Waals surface area contributed by atoms with Gasteiger partial charge in [0.1, 0.15) is 5.15 Å². The van der Waals surface area contributed by atoms with Crippen molar-refractivity contribution in [1.82, 2.24) is 8.96 Å². The lowest BCUT2D eigenvalue weighted by atomic mass is 10.2. The number of fused-ring (bicyclic) bond motifs is 1. The summed E-state index contributed by atoms with van der Waals surface area (Å²) in [5.41, 5.74) is 0.750. The van der Waals surface area contributed by atoms with E-state index in [0.29, 0.717) is 0 Å². The number of hydrogen-bond donors (Lipinski definition) is 0. The molecule has 0 aliphatic rings. The first-order valence-corrected chi connectivity index (χ1v) is 7.34. The molecule has 19 heavy (non-hydrogen) atoms. The summed E-state index contributed by atoms with van der Waals surface area (Å²) in [4.78, 5) is 4.34. The van der Waals surface area contributed by atoms with Crippen LogP contribution in [0.5, 0.6) is 0 Å². The maximum atomic E-state index is 12.4. The lowest BCUT2D eigenvalue weighted by Gasteiger charge is -2.07. The van der Waals surface area contributed by atoms with Crippen molar-refractivity contribution >= 4 is 32.5 Å². The van der Waals surface area contributed by atoms with Crippen LogP contribution in [-0.4, -0.2) is 17.4 Å². The molecule has 0 radical (unpaired) electrons. The molecule has 0 aliphatic carbocycles. The van der Waals surface area contributed by atoms with Gasteiger partial charge in [-0.15, -0.1) is 0 Å². The van der Waals surface area contributed by atoms with Gasteiger partial charge >= 0.3 is 0 Å². The van der Waals surface area contributed by atoms with E-state index in [1.165, 1.54) is 18.3 Å². The largest absolute Gasteiger partial charge is 0.268 e. The third-order valence-corrected chi connectivity index (χ3v) is 4.89. The minimum atomic E-state index is -3.66. The number of rotatable bonds is 2. The highest BCUT2D eigenvalue weighted by atomic mass is 35.5. The van der Waals surface area contributed by atoms with Gasteiger partial charge in [0, 0.05) is 17.8 Å². The molecule has 6 heteroatoms. The van der Waals surface area contributed by atoms with Gasteiger partial charge in [-0.1, -0.05) is 17.7 Å². The summed E-state index contributed by atoms with van der Waals surface area (Å²) in [6, 6.07) is 11.5. The second-order valence-corrected chi connectivity index (χ2v) is 6.19. The quantitative estimate of drug-likeness (QED) is 0.730. The number of halogens is 1. The predicted molar refractivity (Wildman–Crippen MR) is 73.8 cm³/mol. The Morgan fingerprint density at radius 1 is 1.11 bits per heavy atom. The predicted octanol–water partition coefficient (Wildman–Crippen LogP) is 2.93. The van der Waals surface area contributed by atoms with Crippen LogP contribution >= 0.6 is 11.6 Å². The Hall–Kier alpha value is -1.85. The molecule has 3 aromatic rings. The van der Waals surface area contributed by atoms with Crippen LogP contribution in [0.3, 0.4) is 0 Å². The first-order valence-electron chi connectivity index (χ1n) is 5.52. The second-order valence-electron chi connectivity index (χ2n) is 3.99. The number of pyridine rings is 1. The van der Waals surface area contributed by atoms with Gasteiger partial charge < -0.3 is 0 Å². The monoisotopic (exact) mass is 292 g/mol. The smallest absolute Gasteiger partial charge is 0.256 e. The molecule has 0 saturated heterocycles. The van der Waals surface area contributed by atoms with Gasteiger partial charge in [-0.2, -0.15) is 0 Å². The molecular formula is C13H9ClN2O2S. The van der Waals surface area contributed by atoms with Crippen molar-refractivity contribution in [2.75, 3.05) is 0 Å². The van der Waals surface area contributed by atoms with E-state index < -0.39 is 10.0 Å². The van der Waals surface area contributed by atoms with Crippen LogP contribution in [0.25, 0.3) is 10.9 Å². The van der Waals surface area contributed by atoms with Crippen molar-refractivity contribution < 1.29 is 8.42 Å². The SMILES string of the molecule is O=S(=O)(c1ccc2ncccc2c1)n1cccc1Cl. The summed E-state index contributed by atoms with van der Waals surface area (Å²) in [7, 11) is -3.66. The van der Waals surface area contributed by atoms with Crippen LogP contribution in [0.2, 0.25) is 5.15 Å². The number of benzene rings is 1. The maximum absolute atomic E-state index is 12.4. The average molecular weight is 293 g/mol. The lowest BCUT2D eigenvalue weighted by molar-refractivity contribution is 0.588. The summed E-state index contributed by atoms with van der Waals surface area (Å²) in [5.74, 6) is 0. The summed E-state index contributed by atoms with van der Waals surface area (Å²) in [6.45, 7) is 0. The van der Waals surface area contributed by atoms with Gasteiger partial charge in [0.05, 0.1) is 10.4 Å². The van der Waals surface area contributed by atoms with Crippen LogP contribution in [0.4, 0.5) is 0 Å². The molecule has 3 rings (SSSR count). The summed E-state index contributed by atoms with van der Waals surface area (Å²) in [5, 5.41) is 0.929. The fraction of sp³-hybridized carbons (Fsp3) is 0. The molecule has 0 bridgehead atoms. The second kappa shape index (κ2) is 4.36. The number of hydrogen-bond acceptors (Lipinski definition) is 3. The first-order chi connectivity index (χ1) is 9.09. The molecule has 0 atom stereocenters. The third-order valence-electron chi connectivity index (χ3n) is 2.80. The zero-order chi connectivity index (χ0) is 13.5. The Kier molecular flexibility index (Phi) is 2.80. The van der Waals surface area contributed by atoms with E-state index in [9.17, 15) is 8.42 Å². The minimum Gasteiger partial charge on any atom is -0.256 e. The summed E-state index contributed by atoms with van der Waals surface area (Å²) >= 11 is 5.86. The number of nitrogens with zero attached hydrogens (tertiary/aromatic N) is 2. The van der Waals surface area contributed by atoms with Gasteiger partial charge in [0.2, 0.25) is 0 Å². The minimum absolute atomic E-state index is 0.159. The van der Waals surface area contributed by atoms with Crippen LogP contribution in [0.1, 0.15) is 0 Å². The standard InChI is InChI=1S/C13H9ClN2O2S/c14-13-4-2-8-16(13)19(17,18)11-5-6-12-10(9-11)3-1-7-15-12/h1-9H. The Morgan fingerprint density at radius 3 is 2.68 bits per heavy atom. The first kappa shape index (κ1) is 12.2. The number of aromatic nitrogens is 2. The fourth-order valence-corrected chi connectivity index (χ4v) is 3.53. The van der Waals surface area contributed by atoms with E-state index in [-0.39, 0.29) is 10.0 Å². The van der Waals surface area contributed by atoms with Gasteiger partial charge in [0.15, 0.2) is 0 Å². The lowest BCUT2D eigenvalue weighted by Crippen LogP contribution is -2.11. The molecular weight excluding hydrogens is 284 g/mol. The molecule has 96 valence electrons. The Balaban J connectivity index is 2.22. The third kappa shape index (κ3) is 2.01. The van der Waals surface area contributed by atoms with E-state index in [0.717, 1.165) is 14.9 Å². The van der Waals surface area contributed by atoms with Crippen molar-refractivity contribution in [2.24, 2.45) is 0 Å². The Morgan fingerprint density at radius 2 is 1.95 bits per heavy atom. The zero-order valence-electron chi connectivity index (χ0n) is 9.69. The van der Waals surface area contributed by atoms with Crippen molar-refractivity contribution in [3.63, 3.8) is 0 Å². The molecule has 0 amide bonds. The summed E-state index contributed by atoms with van der Waals surface area (Å²) in [6.07, 6.45) is 3.09. The van der Waals surface area contributed by atoms with E-state index in [2.05, 4.69) is 4.98 Å². The van der Waals surface area contributed by atoms with Crippen molar-refractivity contribution in [2.45, 2.75) is 4.90 Å². The van der Waals surface area contributed by atoms with Crippen LogP contribution in [0, 0.1) is 0 Å². The molecule has 0 unspecified atom stereocenters.